The minimum Gasteiger partial charge on any atom is -0.504 e. The van der Waals surface area contributed by atoms with Crippen LogP contribution in [0.25, 0.3) is 20.8 Å². The molecule has 3 N–H and O–H groups in total. The van der Waals surface area contributed by atoms with E-state index in [4.69, 9.17) is 23.8 Å². The van der Waals surface area contributed by atoms with E-state index in [1.165, 1.54) is 29.5 Å². The van der Waals surface area contributed by atoms with E-state index >= 15 is 0 Å². The third kappa shape index (κ3) is 5.25. The molecule has 0 unspecified atom stereocenters. The zero-order chi connectivity index (χ0) is 22.2. The van der Waals surface area contributed by atoms with E-state index in [0.29, 0.717) is 10.6 Å². The van der Waals surface area contributed by atoms with Crippen LogP contribution in [0.5, 0.6) is 5.75 Å². The fraction of sp³-hybridized carbons (Fsp3) is 0.0476. The van der Waals surface area contributed by atoms with Gasteiger partial charge in [-0.2, -0.15) is 13.2 Å². The first kappa shape index (κ1) is 24.5. The van der Waals surface area contributed by atoms with E-state index in [9.17, 15) is 18.3 Å². The van der Waals surface area contributed by atoms with Gasteiger partial charge in [-0.25, -0.2) is 4.98 Å². The summed E-state index contributed by atoms with van der Waals surface area (Å²) in [6.07, 6.45) is -4.54. The Balaban J connectivity index is 0.00000289. The third-order valence-electron chi connectivity index (χ3n) is 4.33. The number of halogens is 4. The Morgan fingerprint density at radius 3 is 2.38 bits per heavy atom. The fourth-order valence-electron chi connectivity index (χ4n) is 2.93. The van der Waals surface area contributed by atoms with Gasteiger partial charge in [-0.05, 0) is 48.6 Å². The maximum absolute atomic E-state index is 13.2. The maximum atomic E-state index is 13.2. The van der Waals surface area contributed by atoms with Crippen molar-refractivity contribution in [3.05, 3.63) is 71.2 Å². The predicted molar refractivity (Wildman–Crippen MR) is 123 cm³/mol. The fourth-order valence-corrected chi connectivity index (χ4v) is 4.32. The topological polar surface area (TPSA) is 57.2 Å². The van der Waals surface area contributed by atoms with Crippen molar-refractivity contribution in [3.63, 3.8) is 0 Å². The molecule has 0 spiro atoms. The van der Waals surface area contributed by atoms with Gasteiger partial charge >= 0.3 is 6.18 Å². The molecule has 0 aliphatic heterocycles. The summed E-state index contributed by atoms with van der Waals surface area (Å²) >= 11 is 12.8. The summed E-state index contributed by atoms with van der Waals surface area (Å²) in [5.41, 5.74) is 0.529. The first-order valence-corrected chi connectivity index (χ1v) is 10.5. The summed E-state index contributed by atoms with van der Waals surface area (Å²) in [5, 5.41) is 16.2. The molecule has 4 nitrogen and oxygen atoms in total. The quantitative estimate of drug-likeness (QED) is 0.135. The van der Waals surface area contributed by atoms with Crippen LogP contribution in [-0.2, 0) is 28.6 Å². The van der Waals surface area contributed by atoms with Crippen LogP contribution in [0.15, 0.2) is 60.7 Å². The van der Waals surface area contributed by atoms with Gasteiger partial charge in [-0.15, -0.1) is 11.3 Å². The van der Waals surface area contributed by atoms with Crippen LogP contribution in [0.1, 0.15) is 5.56 Å². The third-order valence-corrected chi connectivity index (χ3v) is 5.91. The summed E-state index contributed by atoms with van der Waals surface area (Å²) in [7, 11) is 0. The van der Waals surface area contributed by atoms with Crippen molar-refractivity contribution >= 4 is 61.9 Å². The number of para-hydroxylation sites is 2. The smallest absolute Gasteiger partial charge is 0.418 e. The number of aromatic hydroxyl groups is 1. The molecule has 0 bridgehead atoms. The van der Waals surface area contributed by atoms with Crippen LogP contribution in [-0.4, -0.2) is 15.2 Å². The van der Waals surface area contributed by atoms with Crippen molar-refractivity contribution in [1.29, 1.82) is 0 Å². The zero-order valence-electron chi connectivity index (χ0n) is 15.8. The molecule has 1 aromatic heterocycles. The Morgan fingerprint density at radius 1 is 1.00 bits per heavy atom. The van der Waals surface area contributed by atoms with Gasteiger partial charge in [0.05, 0.1) is 32.2 Å². The molecule has 32 heavy (non-hydrogen) atoms. The van der Waals surface area contributed by atoms with Gasteiger partial charge in [0.25, 0.3) is 0 Å². The van der Waals surface area contributed by atoms with E-state index in [-0.39, 0.29) is 49.6 Å². The van der Waals surface area contributed by atoms with E-state index in [1.54, 1.807) is 12.1 Å². The number of thiocarbonyl (C=S) groups is 1. The van der Waals surface area contributed by atoms with Gasteiger partial charge < -0.3 is 15.7 Å². The molecule has 0 amide bonds. The number of fused-ring (bicyclic) bond motifs is 1. The molecule has 0 saturated carbocycles. The number of hydrogen-bond donors (Lipinski definition) is 3. The second-order valence-corrected chi connectivity index (χ2v) is 8.31. The van der Waals surface area contributed by atoms with Crippen molar-refractivity contribution in [1.82, 2.24) is 4.98 Å². The van der Waals surface area contributed by atoms with Crippen LogP contribution in [0.3, 0.4) is 0 Å². The predicted octanol–water partition coefficient (Wildman–Crippen LogP) is 7.15. The number of aromatic nitrogens is 1. The summed E-state index contributed by atoms with van der Waals surface area (Å²) in [6, 6.07) is 15.7. The molecule has 0 aliphatic rings. The average molecular weight is 588 g/mol. The molecule has 169 valence electrons. The molecule has 0 aliphatic carbocycles. The molecule has 4 rings (SSSR count). The van der Waals surface area contributed by atoms with Gasteiger partial charge in [0, 0.05) is 27.9 Å². The molecule has 11 heteroatoms. The molecule has 1 heterocycles. The normalized spacial score (nSPS) is 11.1. The number of phenols is 1. The summed E-state index contributed by atoms with van der Waals surface area (Å²) in [5.74, 6) is -0.278. The Hall–Kier alpha value is -2.14. The largest absolute Gasteiger partial charge is 0.504 e. The Kier molecular flexibility index (Phi) is 7.49. The molecule has 4 aromatic rings. The number of benzene rings is 3. The second kappa shape index (κ2) is 9.78. The molecule has 0 fully saturated rings. The van der Waals surface area contributed by atoms with Crippen molar-refractivity contribution in [2.45, 2.75) is 6.18 Å². The minimum absolute atomic E-state index is 0. The minimum atomic E-state index is -4.54. The molecular weight excluding hydrogens is 575 g/mol. The SMILES string of the molecule is Oc1c(Cl)cc(-c2nc3ccccc3s2)cc1NC(=S)Nc1ccccc1C(F)(F)F.[Ag]. The number of alkyl halides is 3. The first-order chi connectivity index (χ1) is 14.7. The van der Waals surface area contributed by atoms with Gasteiger partial charge in [0.1, 0.15) is 5.01 Å². The molecule has 0 saturated heterocycles. The summed E-state index contributed by atoms with van der Waals surface area (Å²) in [4.78, 5) is 4.56. The van der Waals surface area contributed by atoms with Crippen LogP contribution in [0.4, 0.5) is 24.5 Å². The standard InChI is InChI=1S/C21H13ClF3N3OS2.Ag/c22-13-9-11(19-26-15-7-3-4-8-17(15)31-19)10-16(18(13)29)28-20(30)27-14-6-2-1-5-12(14)21(23,24)25;/h1-10,29H,(H2,27,28,30);. The van der Waals surface area contributed by atoms with Gasteiger partial charge in [0.15, 0.2) is 10.9 Å². The maximum Gasteiger partial charge on any atom is 0.418 e. The number of rotatable bonds is 3. The van der Waals surface area contributed by atoms with E-state index in [2.05, 4.69) is 15.6 Å². The van der Waals surface area contributed by atoms with Crippen LogP contribution < -0.4 is 10.6 Å². The summed E-state index contributed by atoms with van der Waals surface area (Å²) < 4.78 is 40.6. The average Bonchev–Trinajstić information content (AvgIpc) is 3.15. The Bertz CT molecular complexity index is 1260. The van der Waals surface area contributed by atoms with Crippen LogP contribution in [0, 0.1) is 0 Å². The van der Waals surface area contributed by atoms with Gasteiger partial charge in [-0.3, -0.25) is 0 Å². The number of anilines is 2. The zero-order valence-corrected chi connectivity index (χ0v) is 19.7. The second-order valence-electron chi connectivity index (χ2n) is 6.46. The van der Waals surface area contributed by atoms with E-state index < -0.39 is 11.7 Å². The van der Waals surface area contributed by atoms with Crippen LogP contribution in [0.2, 0.25) is 5.02 Å². The number of phenolic OH excluding ortho intramolecular Hbond substituents is 1. The van der Waals surface area contributed by atoms with Crippen molar-refractivity contribution in [3.8, 4) is 16.3 Å². The number of hydrogen-bond acceptors (Lipinski definition) is 4. The molecule has 3 aromatic carbocycles. The number of thiazole rings is 1. The van der Waals surface area contributed by atoms with Crippen molar-refractivity contribution < 1.29 is 40.7 Å². The van der Waals surface area contributed by atoms with Gasteiger partial charge in [-0.1, -0.05) is 35.9 Å². The van der Waals surface area contributed by atoms with Crippen molar-refractivity contribution in [2.75, 3.05) is 10.6 Å². The summed E-state index contributed by atoms with van der Waals surface area (Å²) in [6.45, 7) is 0. The van der Waals surface area contributed by atoms with Crippen LogP contribution >= 0.6 is 35.2 Å². The molecule has 0 atom stereocenters. The molecule has 1 radical (unpaired) electrons. The molecular formula is C21H13AgClF3N3OS2. The first-order valence-electron chi connectivity index (χ1n) is 8.85. The Morgan fingerprint density at radius 2 is 1.66 bits per heavy atom. The monoisotopic (exact) mass is 586 g/mol. The van der Waals surface area contributed by atoms with Gasteiger partial charge in [0.2, 0.25) is 0 Å². The Labute approximate surface area is 211 Å². The number of nitrogens with one attached hydrogen (secondary N) is 2. The van der Waals surface area contributed by atoms with E-state index in [1.807, 2.05) is 24.3 Å². The van der Waals surface area contributed by atoms with E-state index in [0.717, 1.165) is 16.3 Å². The number of nitrogens with zero attached hydrogens (tertiary/aromatic N) is 1. The van der Waals surface area contributed by atoms with Crippen molar-refractivity contribution in [2.24, 2.45) is 0 Å².